The molecule has 9 heteroatoms. The lowest BCUT2D eigenvalue weighted by molar-refractivity contribution is 0.242. The maximum Gasteiger partial charge on any atom is 0.175 e. The number of aryl methyl sites for hydroxylation is 1. The molecule has 0 atom stereocenters. The number of rotatable bonds is 7. The van der Waals surface area contributed by atoms with Crippen LogP contribution in [0.25, 0.3) is 10.9 Å². The van der Waals surface area contributed by atoms with Gasteiger partial charge in [-0.05, 0) is 50.2 Å². The molecule has 1 N–H and O–H groups in total. The first-order valence-corrected chi connectivity index (χ1v) is 11.7. The highest BCUT2D eigenvalue weighted by molar-refractivity contribution is 7.90. The van der Waals surface area contributed by atoms with Crippen LogP contribution in [0.15, 0.2) is 53.6 Å². The van der Waals surface area contributed by atoms with Crippen LogP contribution >= 0.6 is 0 Å². The number of aromatic nitrogens is 4. The van der Waals surface area contributed by atoms with E-state index in [1.54, 1.807) is 22.9 Å². The van der Waals surface area contributed by atoms with Crippen LogP contribution in [0.1, 0.15) is 25.2 Å². The number of nitrogens with zero attached hydrogens (tertiary/aromatic N) is 3. The topological polar surface area (TPSA) is 99.1 Å². The van der Waals surface area contributed by atoms with Gasteiger partial charge in [0.1, 0.15) is 17.0 Å². The largest absolute Gasteiger partial charge is 0.491 e. The SMILES string of the molecule is CC(C)Oc1cc(Oc2ccc(S(C)(=O)=O)cc2)c2n[nH]c(Cc3ccn(C)n3)c2c1. The van der Waals surface area contributed by atoms with E-state index in [9.17, 15) is 8.42 Å². The van der Waals surface area contributed by atoms with Gasteiger partial charge in [0.25, 0.3) is 0 Å². The Morgan fingerprint density at radius 1 is 1.10 bits per heavy atom. The molecule has 2 aromatic carbocycles. The van der Waals surface area contributed by atoms with Crippen molar-refractivity contribution in [1.82, 2.24) is 20.0 Å². The second kappa shape index (κ2) is 8.07. The molecule has 0 bridgehead atoms. The number of sulfone groups is 1. The molecule has 0 spiro atoms. The zero-order chi connectivity index (χ0) is 22.2. The first-order chi connectivity index (χ1) is 14.7. The molecule has 0 aliphatic heterocycles. The lowest BCUT2D eigenvalue weighted by Crippen LogP contribution is -2.05. The van der Waals surface area contributed by atoms with Crippen LogP contribution in [0.3, 0.4) is 0 Å². The van der Waals surface area contributed by atoms with Gasteiger partial charge in [0.2, 0.25) is 0 Å². The van der Waals surface area contributed by atoms with Crippen LogP contribution in [0, 0.1) is 0 Å². The number of nitrogens with one attached hydrogen (secondary N) is 1. The highest BCUT2D eigenvalue weighted by Crippen LogP contribution is 2.35. The van der Waals surface area contributed by atoms with Gasteiger partial charge in [-0.3, -0.25) is 9.78 Å². The van der Waals surface area contributed by atoms with Crippen molar-refractivity contribution < 1.29 is 17.9 Å². The maximum atomic E-state index is 11.7. The highest BCUT2D eigenvalue weighted by atomic mass is 32.2. The molecule has 0 saturated heterocycles. The number of H-pyrrole nitrogens is 1. The fourth-order valence-electron chi connectivity index (χ4n) is 3.28. The normalized spacial score (nSPS) is 11.9. The van der Waals surface area contributed by atoms with Crippen molar-refractivity contribution in [1.29, 1.82) is 0 Å². The molecule has 4 rings (SSSR count). The van der Waals surface area contributed by atoms with Crippen molar-refractivity contribution in [2.75, 3.05) is 6.26 Å². The smallest absolute Gasteiger partial charge is 0.175 e. The van der Waals surface area contributed by atoms with Gasteiger partial charge in [0, 0.05) is 43.1 Å². The van der Waals surface area contributed by atoms with Gasteiger partial charge < -0.3 is 9.47 Å². The van der Waals surface area contributed by atoms with E-state index in [2.05, 4.69) is 15.3 Å². The summed E-state index contributed by atoms with van der Waals surface area (Å²) in [5, 5.41) is 12.9. The zero-order valence-corrected chi connectivity index (χ0v) is 18.6. The number of aromatic amines is 1. The third-order valence-corrected chi connectivity index (χ3v) is 5.78. The minimum absolute atomic E-state index is 0.00881. The minimum atomic E-state index is -3.27. The Balaban J connectivity index is 1.72. The Morgan fingerprint density at radius 2 is 1.84 bits per heavy atom. The third kappa shape index (κ3) is 4.72. The molecule has 8 nitrogen and oxygen atoms in total. The summed E-state index contributed by atoms with van der Waals surface area (Å²) in [6.45, 7) is 3.91. The summed E-state index contributed by atoms with van der Waals surface area (Å²) in [5.41, 5.74) is 2.48. The molecule has 0 aliphatic carbocycles. The first kappa shape index (κ1) is 20.9. The molecule has 0 saturated carbocycles. The lowest BCUT2D eigenvalue weighted by Gasteiger charge is -2.13. The van der Waals surface area contributed by atoms with Gasteiger partial charge in [-0.15, -0.1) is 0 Å². The van der Waals surface area contributed by atoms with E-state index in [-0.39, 0.29) is 11.0 Å². The van der Waals surface area contributed by atoms with Crippen molar-refractivity contribution in [3.63, 3.8) is 0 Å². The van der Waals surface area contributed by atoms with E-state index in [0.717, 1.165) is 16.8 Å². The molecule has 0 amide bonds. The molecule has 31 heavy (non-hydrogen) atoms. The number of ether oxygens (including phenoxy) is 2. The van der Waals surface area contributed by atoms with E-state index in [1.165, 1.54) is 18.4 Å². The monoisotopic (exact) mass is 440 g/mol. The van der Waals surface area contributed by atoms with Crippen molar-refractivity contribution in [3.05, 3.63) is 60.0 Å². The van der Waals surface area contributed by atoms with E-state index < -0.39 is 9.84 Å². The summed E-state index contributed by atoms with van der Waals surface area (Å²) in [6.07, 6.45) is 3.65. The first-order valence-electron chi connectivity index (χ1n) is 9.83. The molecule has 2 heterocycles. The predicted octanol–water partition coefficient (Wildman–Crippen LogP) is 3.87. The van der Waals surface area contributed by atoms with Gasteiger partial charge in [-0.2, -0.15) is 10.2 Å². The fourth-order valence-corrected chi connectivity index (χ4v) is 3.92. The van der Waals surface area contributed by atoms with E-state index in [1.807, 2.05) is 39.2 Å². The molecule has 0 fully saturated rings. The molecule has 4 aromatic rings. The molecule has 0 aliphatic rings. The van der Waals surface area contributed by atoms with Crippen LogP contribution in [0.2, 0.25) is 0 Å². The van der Waals surface area contributed by atoms with Crippen molar-refractivity contribution >= 4 is 20.7 Å². The molecule has 0 radical (unpaired) electrons. The Kier molecular flexibility index (Phi) is 5.45. The average molecular weight is 441 g/mol. The van der Waals surface area contributed by atoms with Crippen LogP contribution in [0.5, 0.6) is 17.2 Å². The lowest BCUT2D eigenvalue weighted by atomic mass is 10.1. The number of hydrogen-bond donors (Lipinski definition) is 1. The summed E-state index contributed by atoms with van der Waals surface area (Å²) in [7, 11) is -1.39. The van der Waals surface area contributed by atoms with Gasteiger partial charge >= 0.3 is 0 Å². The van der Waals surface area contributed by atoms with Gasteiger partial charge in [-0.1, -0.05) is 0 Å². The Hall–Kier alpha value is -3.33. The average Bonchev–Trinajstić information content (AvgIpc) is 3.28. The Labute approximate surface area is 180 Å². The van der Waals surface area contributed by atoms with Crippen molar-refractivity contribution in [2.45, 2.75) is 31.3 Å². The predicted molar refractivity (Wildman–Crippen MR) is 117 cm³/mol. The van der Waals surface area contributed by atoms with Gasteiger partial charge in [0.05, 0.1) is 16.7 Å². The summed E-state index contributed by atoms with van der Waals surface area (Å²) < 4.78 is 37.2. The quantitative estimate of drug-likeness (QED) is 0.468. The fraction of sp³-hybridized carbons (Fsp3) is 0.273. The maximum absolute atomic E-state index is 11.7. The standard InChI is InChI=1S/C22H24N4O4S/c1-14(2)29-17-12-19-20(11-15-9-10-26(3)25-15)23-24-22(19)21(13-17)30-16-5-7-18(8-6-16)31(4,27)28/h5-10,12-14H,11H2,1-4H3,(H,23,24). The molecular weight excluding hydrogens is 416 g/mol. The Morgan fingerprint density at radius 3 is 2.45 bits per heavy atom. The summed E-state index contributed by atoms with van der Waals surface area (Å²) in [5.74, 6) is 1.68. The number of fused-ring (bicyclic) bond motifs is 1. The number of benzene rings is 2. The summed E-state index contributed by atoms with van der Waals surface area (Å²) >= 11 is 0. The summed E-state index contributed by atoms with van der Waals surface area (Å²) in [6, 6.07) is 12.0. The van der Waals surface area contributed by atoms with Crippen LogP contribution in [-0.2, 0) is 23.3 Å². The van der Waals surface area contributed by atoms with E-state index >= 15 is 0 Å². The van der Waals surface area contributed by atoms with E-state index in [0.29, 0.717) is 29.2 Å². The highest BCUT2D eigenvalue weighted by Gasteiger charge is 2.16. The number of hydrogen-bond acceptors (Lipinski definition) is 6. The minimum Gasteiger partial charge on any atom is -0.491 e. The van der Waals surface area contributed by atoms with Crippen LogP contribution in [-0.4, -0.2) is 40.8 Å². The second-order valence-electron chi connectivity index (χ2n) is 7.69. The molecule has 162 valence electrons. The molecule has 0 unspecified atom stereocenters. The molecular formula is C22H24N4O4S. The zero-order valence-electron chi connectivity index (χ0n) is 17.8. The third-order valence-electron chi connectivity index (χ3n) is 4.65. The second-order valence-corrected chi connectivity index (χ2v) is 9.71. The van der Waals surface area contributed by atoms with Gasteiger partial charge in [-0.25, -0.2) is 8.42 Å². The van der Waals surface area contributed by atoms with Crippen LogP contribution < -0.4 is 9.47 Å². The van der Waals surface area contributed by atoms with Crippen molar-refractivity contribution in [2.24, 2.45) is 7.05 Å². The van der Waals surface area contributed by atoms with Crippen molar-refractivity contribution in [3.8, 4) is 17.2 Å². The van der Waals surface area contributed by atoms with Gasteiger partial charge in [0.15, 0.2) is 15.6 Å². The molecule has 2 aromatic heterocycles. The summed E-state index contributed by atoms with van der Waals surface area (Å²) in [4.78, 5) is 0.235. The van der Waals surface area contributed by atoms with E-state index in [4.69, 9.17) is 9.47 Å². The Bertz CT molecular complexity index is 1320. The van der Waals surface area contributed by atoms with Crippen LogP contribution in [0.4, 0.5) is 0 Å².